The van der Waals surface area contributed by atoms with E-state index >= 15 is 0 Å². The van der Waals surface area contributed by atoms with E-state index in [1.807, 2.05) is 17.5 Å². The van der Waals surface area contributed by atoms with Gasteiger partial charge in [0.2, 0.25) is 0 Å². The SMILES string of the molecule is c1ccc2c(c1)ccc1nc(-c3nccc4sc5ccccc5c34)ccc12. The Hall–Kier alpha value is -3.30. The molecule has 0 saturated carbocycles. The van der Waals surface area contributed by atoms with Crippen molar-refractivity contribution in [2.75, 3.05) is 0 Å². The first-order valence-corrected chi connectivity index (χ1v) is 9.75. The van der Waals surface area contributed by atoms with Crippen molar-refractivity contribution in [3.05, 3.63) is 85.1 Å². The Balaban J connectivity index is 1.67. The van der Waals surface area contributed by atoms with Crippen molar-refractivity contribution in [1.29, 1.82) is 0 Å². The van der Waals surface area contributed by atoms with Crippen molar-refractivity contribution in [1.82, 2.24) is 9.97 Å². The van der Waals surface area contributed by atoms with Crippen LogP contribution in [0.25, 0.3) is 53.2 Å². The molecule has 0 amide bonds. The molecule has 0 N–H and O–H groups in total. The van der Waals surface area contributed by atoms with Gasteiger partial charge in [-0.25, -0.2) is 4.98 Å². The zero-order valence-electron chi connectivity index (χ0n) is 14.4. The summed E-state index contributed by atoms with van der Waals surface area (Å²) in [5.74, 6) is 0. The van der Waals surface area contributed by atoms with E-state index in [2.05, 4.69) is 78.9 Å². The Morgan fingerprint density at radius 3 is 2.44 bits per heavy atom. The van der Waals surface area contributed by atoms with Crippen molar-refractivity contribution < 1.29 is 0 Å². The van der Waals surface area contributed by atoms with Gasteiger partial charge in [-0.2, -0.15) is 0 Å². The third-order valence-electron chi connectivity index (χ3n) is 5.13. The van der Waals surface area contributed by atoms with E-state index < -0.39 is 0 Å². The molecule has 0 aliphatic carbocycles. The van der Waals surface area contributed by atoms with Crippen LogP contribution < -0.4 is 0 Å². The molecule has 27 heavy (non-hydrogen) atoms. The van der Waals surface area contributed by atoms with Gasteiger partial charge in [-0.15, -0.1) is 11.3 Å². The first-order chi connectivity index (χ1) is 13.4. The first kappa shape index (κ1) is 14.8. The van der Waals surface area contributed by atoms with E-state index in [1.165, 1.54) is 36.3 Å². The predicted molar refractivity (Wildman–Crippen MR) is 115 cm³/mol. The van der Waals surface area contributed by atoms with Crippen molar-refractivity contribution in [2.24, 2.45) is 0 Å². The van der Waals surface area contributed by atoms with Crippen LogP contribution >= 0.6 is 11.3 Å². The van der Waals surface area contributed by atoms with Crippen LogP contribution in [0.2, 0.25) is 0 Å². The van der Waals surface area contributed by atoms with Crippen LogP contribution in [0.1, 0.15) is 0 Å². The standard InChI is InChI=1S/C24H14N2S/c1-2-6-16-15(5-1)9-11-19-17(16)10-12-20(26-19)24-23-18-7-3-4-8-21(18)27-22(23)13-14-25-24/h1-14H. The summed E-state index contributed by atoms with van der Waals surface area (Å²) >= 11 is 1.81. The number of hydrogen-bond acceptors (Lipinski definition) is 3. The van der Waals surface area contributed by atoms with Crippen LogP contribution in [0.4, 0.5) is 0 Å². The van der Waals surface area contributed by atoms with E-state index in [9.17, 15) is 0 Å². The lowest BCUT2D eigenvalue weighted by atomic mass is 10.0. The van der Waals surface area contributed by atoms with Crippen molar-refractivity contribution in [3.63, 3.8) is 0 Å². The molecule has 0 atom stereocenters. The van der Waals surface area contributed by atoms with Gasteiger partial charge in [0.1, 0.15) is 0 Å². The number of rotatable bonds is 1. The largest absolute Gasteiger partial charge is 0.254 e. The van der Waals surface area contributed by atoms with E-state index in [0.717, 1.165) is 16.9 Å². The fourth-order valence-corrected chi connectivity index (χ4v) is 4.98. The quantitative estimate of drug-likeness (QED) is 0.300. The van der Waals surface area contributed by atoms with Gasteiger partial charge in [-0.3, -0.25) is 4.98 Å². The minimum Gasteiger partial charge on any atom is -0.254 e. The predicted octanol–water partition coefficient (Wildman–Crippen LogP) is 6.82. The van der Waals surface area contributed by atoms with Gasteiger partial charge >= 0.3 is 0 Å². The molecule has 0 spiro atoms. The number of hydrogen-bond donors (Lipinski definition) is 0. The summed E-state index contributed by atoms with van der Waals surface area (Å²) in [5.41, 5.74) is 2.89. The van der Waals surface area contributed by atoms with Crippen LogP contribution in [-0.4, -0.2) is 9.97 Å². The van der Waals surface area contributed by atoms with Gasteiger partial charge in [0.25, 0.3) is 0 Å². The molecule has 3 aromatic carbocycles. The molecule has 0 fully saturated rings. The zero-order valence-corrected chi connectivity index (χ0v) is 15.2. The number of fused-ring (bicyclic) bond motifs is 6. The third kappa shape index (κ3) is 2.19. The molecule has 0 unspecified atom stereocenters. The molecule has 0 aliphatic heterocycles. The maximum absolute atomic E-state index is 4.97. The van der Waals surface area contributed by atoms with E-state index in [0.29, 0.717) is 0 Å². The minimum absolute atomic E-state index is 0.923. The van der Waals surface area contributed by atoms with E-state index in [-0.39, 0.29) is 0 Å². The van der Waals surface area contributed by atoms with Crippen molar-refractivity contribution in [2.45, 2.75) is 0 Å². The normalized spacial score (nSPS) is 11.7. The van der Waals surface area contributed by atoms with Gasteiger partial charge in [0.15, 0.2) is 0 Å². The Kier molecular flexibility index (Phi) is 3.07. The number of pyridine rings is 2. The first-order valence-electron chi connectivity index (χ1n) is 8.94. The molecule has 0 saturated heterocycles. The molecule has 6 rings (SSSR count). The van der Waals surface area contributed by atoms with Crippen LogP contribution in [0.3, 0.4) is 0 Å². The highest BCUT2D eigenvalue weighted by atomic mass is 32.1. The minimum atomic E-state index is 0.923. The van der Waals surface area contributed by atoms with Crippen LogP contribution in [0.15, 0.2) is 85.1 Å². The Morgan fingerprint density at radius 2 is 1.48 bits per heavy atom. The average molecular weight is 362 g/mol. The van der Waals surface area contributed by atoms with Crippen LogP contribution in [0, 0.1) is 0 Å². The number of nitrogens with zero attached hydrogens (tertiary/aromatic N) is 2. The summed E-state index contributed by atoms with van der Waals surface area (Å²) in [6.45, 7) is 0. The fourth-order valence-electron chi connectivity index (χ4n) is 3.88. The molecular formula is C24H14N2S. The second-order valence-electron chi connectivity index (χ2n) is 6.68. The highest BCUT2D eigenvalue weighted by Gasteiger charge is 2.13. The number of thiophene rings is 1. The summed E-state index contributed by atoms with van der Waals surface area (Å²) in [6.07, 6.45) is 1.89. The molecular weight excluding hydrogens is 348 g/mol. The molecule has 0 bridgehead atoms. The number of benzene rings is 3. The van der Waals surface area contributed by atoms with E-state index in [4.69, 9.17) is 9.97 Å². The molecule has 6 aromatic rings. The fraction of sp³-hybridized carbons (Fsp3) is 0. The van der Waals surface area contributed by atoms with Crippen LogP contribution in [-0.2, 0) is 0 Å². The smallest absolute Gasteiger partial charge is 0.0979 e. The highest BCUT2D eigenvalue weighted by Crippen LogP contribution is 2.38. The molecule has 126 valence electrons. The van der Waals surface area contributed by atoms with Gasteiger partial charge in [0, 0.05) is 31.8 Å². The molecule has 3 heterocycles. The Bertz CT molecular complexity index is 1480. The Labute approximate surface area is 159 Å². The van der Waals surface area contributed by atoms with Gasteiger partial charge < -0.3 is 0 Å². The van der Waals surface area contributed by atoms with Gasteiger partial charge in [-0.05, 0) is 41.1 Å². The highest BCUT2D eigenvalue weighted by molar-refractivity contribution is 7.25. The maximum atomic E-state index is 4.97. The summed E-state index contributed by atoms with van der Waals surface area (Å²) in [5, 5.41) is 6.11. The lowest BCUT2D eigenvalue weighted by Gasteiger charge is -2.07. The zero-order chi connectivity index (χ0) is 17.8. The average Bonchev–Trinajstić information content (AvgIpc) is 3.12. The lowest BCUT2D eigenvalue weighted by molar-refractivity contribution is 1.31. The topological polar surface area (TPSA) is 25.8 Å². The van der Waals surface area contributed by atoms with Gasteiger partial charge in [0.05, 0.1) is 16.9 Å². The summed E-state index contributed by atoms with van der Waals surface area (Å²) in [7, 11) is 0. The van der Waals surface area contributed by atoms with Crippen molar-refractivity contribution in [3.8, 4) is 11.4 Å². The summed E-state index contributed by atoms with van der Waals surface area (Å²) < 4.78 is 2.54. The lowest BCUT2D eigenvalue weighted by Crippen LogP contribution is -1.89. The summed E-state index contributed by atoms with van der Waals surface area (Å²) in [4.78, 5) is 9.69. The van der Waals surface area contributed by atoms with E-state index in [1.54, 1.807) is 0 Å². The van der Waals surface area contributed by atoms with Crippen molar-refractivity contribution >= 4 is 53.2 Å². The molecule has 0 radical (unpaired) electrons. The number of aromatic nitrogens is 2. The monoisotopic (exact) mass is 362 g/mol. The third-order valence-corrected chi connectivity index (χ3v) is 6.26. The maximum Gasteiger partial charge on any atom is 0.0979 e. The summed E-state index contributed by atoms with van der Waals surface area (Å²) in [6, 6.07) is 27.6. The second kappa shape index (κ2) is 5.60. The molecule has 3 aromatic heterocycles. The Morgan fingerprint density at radius 1 is 0.630 bits per heavy atom. The molecule has 3 heteroatoms. The van der Waals surface area contributed by atoms with Crippen LogP contribution in [0.5, 0.6) is 0 Å². The molecule has 2 nitrogen and oxygen atoms in total. The second-order valence-corrected chi connectivity index (χ2v) is 7.76. The van der Waals surface area contributed by atoms with Gasteiger partial charge in [-0.1, -0.05) is 48.5 Å². The molecule has 0 aliphatic rings.